The number of hydrogen-bond donors (Lipinski definition) is 2. The summed E-state index contributed by atoms with van der Waals surface area (Å²) < 4.78 is 40.0. The van der Waals surface area contributed by atoms with E-state index in [9.17, 15) is 13.2 Å². The molecule has 4 aliphatic carbocycles. The molecule has 0 amide bonds. The van der Waals surface area contributed by atoms with Gasteiger partial charge in [-0.25, -0.2) is 13.2 Å². The molecule has 2 N–H and O–H groups in total. The van der Waals surface area contributed by atoms with Crippen LogP contribution in [0.25, 0.3) is 6.08 Å². The number of carboxylic acid groups (broad SMARTS) is 1. The minimum absolute atomic E-state index is 0.0534. The number of carboxylic acids is 1. The van der Waals surface area contributed by atoms with E-state index in [-0.39, 0.29) is 21.8 Å². The van der Waals surface area contributed by atoms with E-state index in [1.54, 1.807) is 0 Å². The molecule has 0 saturated heterocycles. The number of rotatable bonds is 8. The van der Waals surface area contributed by atoms with Gasteiger partial charge < -0.3 is 14.6 Å². The van der Waals surface area contributed by atoms with Crippen molar-refractivity contribution < 1.29 is 27.8 Å². The number of sulfonamides is 1. The number of carbonyl (C=O) groups is 1. The van der Waals surface area contributed by atoms with Crippen LogP contribution in [-0.2, 0) is 20.2 Å². The Morgan fingerprint density at radius 1 is 1.00 bits per heavy atom. The number of nitrogens with one attached hydrogen (secondary N) is 1. The first-order chi connectivity index (χ1) is 16.7. The zero-order chi connectivity index (χ0) is 24.8. The normalized spacial score (nSPS) is 27.2. The Kier molecular flexibility index (Phi) is 6.03. The van der Waals surface area contributed by atoms with Crippen LogP contribution in [0.3, 0.4) is 0 Å². The van der Waals surface area contributed by atoms with E-state index in [1.807, 2.05) is 12.1 Å². The van der Waals surface area contributed by atoms with Crippen molar-refractivity contribution in [3.63, 3.8) is 0 Å². The van der Waals surface area contributed by atoms with Crippen molar-refractivity contribution >= 4 is 27.8 Å². The summed E-state index contributed by atoms with van der Waals surface area (Å²) >= 11 is 0. The molecule has 0 aliphatic heterocycles. The van der Waals surface area contributed by atoms with Gasteiger partial charge in [0.25, 0.3) is 10.0 Å². The SMILES string of the molecule is COc1cc(/C=C/C(=O)O)cc(S(=O)(=O)Nc2ccc(C34CC5CC(CC(C5)C3)C4)cc2)c1OC. The third-order valence-electron chi connectivity index (χ3n) is 7.96. The quantitative estimate of drug-likeness (QED) is 0.494. The Hall–Kier alpha value is -3.00. The van der Waals surface area contributed by atoms with Gasteiger partial charge in [0.05, 0.1) is 14.2 Å². The molecule has 8 heteroatoms. The van der Waals surface area contributed by atoms with Crippen molar-refractivity contribution in [3.05, 3.63) is 53.6 Å². The molecule has 7 nitrogen and oxygen atoms in total. The fourth-order valence-corrected chi connectivity index (χ4v) is 8.25. The Labute approximate surface area is 206 Å². The van der Waals surface area contributed by atoms with Crippen molar-refractivity contribution in [2.24, 2.45) is 17.8 Å². The molecule has 0 radical (unpaired) electrons. The molecule has 0 spiro atoms. The summed E-state index contributed by atoms with van der Waals surface area (Å²) in [6, 6.07) is 10.7. The number of hydrogen-bond acceptors (Lipinski definition) is 5. The highest BCUT2D eigenvalue weighted by atomic mass is 32.2. The highest BCUT2D eigenvalue weighted by Gasteiger charge is 2.51. The first kappa shape index (κ1) is 23.7. The van der Waals surface area contributed by atoms with Crippen LogP contribution in [-0.4, -0.2) is 33.7 Å². The van der Waals surface area contributed by atoms with Crippen LogP contribution >= 0.6 is 0 Å². The van der Waals surface area contributed by atoms with Crippen LogP contribution in [0.4, 0.5) is 5.69 Å². The molecule has 2 aromatic carbocycles. The second-order valence-corrected chi connectivity index (χ2v) is 12.0. The molecule has 186 valence electrons. The van der Waals surface area contributed by atoms with E-state index in [4.69, 9.17) is 14.6 Å². The zero-order valence-electron chi connectivity index (χ0n) is 20.0. The average molecular weight is 498 g/mol. The highest BCUT2D eigenvalue weighted by molar-refractivity contribution is 7.92. The molecular weight excluding hydrogens is 466 g/mol. The molecule has 4 fully saturated rings. The maximum Gasteiger partial charge on any atom is 0.328 e. The average Bonchev–Trinajstić information content (AvgIpc) is 2.81. The zero-order valence-corrected chi connectivity index (χ0v) is 20.8. The first-order valence-corrected chi connectivity index (χ1v) is 13.5. The van der Waals surface area contributed by atoms with Crippen LogP contribution < -0.4 is 14.2 Å². The van der Waals surface area contributed by atoms with E-state index in [2.05, 4.69) is 16.9 Å². The lowest BCUT2D eigenvalue weighted by atomic mass is 9.48. The van der Waals surface area contributed by atoms with Gasteiger partial charge in [-0.2, -0.15) is 0 Å². The summed E-state index contributed by atoms with van der Waals surface area (Å²) in [6.45, 7) is 0. The predicted molar refractivity (Wildman–Crippen MR) is 133 cm³/mol. The monoisotopic (exact) mass is 497 g/mol. The van der Waals surface area contributed by atoms with E-state index in [0.717, 1.165) is 23.8 Å². The summed E-state index contributed by atoms with van der Waals surface area (Å²) in [7, 11) is -1.28. The van der Waals surface area contributed by atoms with Crippen molar-refractivity contribution in [1.82, 2.24) is 0 Å². The fraction of sp³-hybridized carbons (Fsp3) is 0.444. The smallest absolute Gasteiger partial charge is 0.328 e. The van der Waals surface area contributed by atoms with Gasteiger partial charge in [0.1, 0.15) is 4.90 Å². The Balaban J connectivity index is 1.42. The van der Waals surface area contributed by atoms with Crippen LogP contribution in [0.15, 0.2) is 47.4 Å². The minimum Gasteiger partial charge on any atom is -0.493 e. The number of anilines is 1. The number of benzene rings is 2. The van der Waals surface area contributed by atoms with Gasteiger partial charge in [0.2, 0.25) is 0 Å². The van der Waals surface area contributed by atoms with Gasteiger partial charge in [-0.15, -0.1) is 0 Å². The van der Waals surface area contributed by atoms with Crippen molar-refractivity contribution in [2.75, 3.05) is 18.9 Å². The topological polar surface area (TPSA) is 102 Å². The van der Waals surface area contributed by atoms with Crippen LogP contribution in [0.5, 0.6) is 11.5 Å². The van der Waals surface area contributed by atoms with Crippen molar-refractivity contribution in [3.8, 4) is 11.5 Å². The highest BCUT2D eigenvalue weighted by Crippen LogP contribution is 2.60. The second kappa shape index (κ2) is 8.90. The van der Waals surface area contributed by atoms with E-state index >= 15 is 0 Å². The lowest BCUT2D eigenvalue weighted by molar-refractivity contribution is -0.131. The van der Waals surface area contributed by atoms with Gasteiger partial charge in [0.15, 0.2) is 11.5 Å². The first-order valence-electron chi connectivity index (χ1n) is 12.0. The Morgan fingerprint density at radius 2 is 1.60 bits per heavy atom. The molecule has 4 bridgehead atoms. The largest absolute Gasteiger partial charge is 0.493 e. The molecule has 0 unspecified atom stereocenters. The number of methoxy groups -OCH3 is 2. The minimum atomic E-state index is -4.04. The predicted octanol–water partition coefficient (Wildman–Crippen LogP) is 5.07. The number of aliphatic carboxylic acids is 1. The van der Waals surface area contributed by atoms with Gasteiger partial charge in [-0.05, 0) is 103 Å². The summed E-state index contributed by atoms with van der Waals surface area (Å²) in [5, 5.41) is 8.94. The molecule has 35 heavy (non-hydrogen) atoms. The van der Waals surface area contributed by atoms with Gasteiger partial charge in [-0.1, -0.05) is 12.1 Å². The molecular formula is C27H31NO6S. The summed E-state index contributed by atoms with van der Waals surface area (Å²) in [4.78, 5) is 10.8. The van der Waals surface area contributed by atoms with Gasteiger partial charge in [-0.3, -0.25) is 4.72 Å². The lowest BCUT2D eigenvalue weighted by Gasteiger charge is -2.57. The van der Waals surface area contributed by atoms with E-state index in [1.165, 1.54) is 76.5 Å². The van der Waals surface area contributed by atoms with Gasteiger partial charge in [0, 0.05) is 11.8 Å². The summed E-state index contributed by atoms with van der Waals surface area (Å²) in [5.74, 6) is 1.62. The molecule has 2 aromatic rings. The van der Waals surface area contributed by atoms with E-state index in [0.29, 0.717) is 11.3 Å². The number of ether oxygens (including phenoxy) is 2. The molecule has 6 rings (SSSR count). The maximum absolute atomic E-state index is 13.4. The standard InChI is InChI=1S/C27H31NO6S/c1-33-23-12-17(3-8-25(29)30)13-24(26(23)34-2)35(31,32)28-22-6-4-21(5-7-22)27-14-18-9-19(15-27)11-20(10-18)16-27/h3-8,12-13,18-20,28H,9-11,14-16H2,1-2H3,(H,29,30)/b8-3+. The molecule has 0 atom stereocenters. The molecule has 4 aliphatic rings. The lowest BCUT2D eigenvalue weighted by Crippen LogP contribution is -2.48. The maximum atomic E-state index is 13.4. The van der Waals surface area contributed by atoms with Crippen LogP contribution in [0.2, 0.25) is 0 Å². The third kappa shape index (κ3) is 4.51. The summed E-state index contributed by atoms with van der Waals surface area (Å²) in [6.07, 6.45) is 10.1. The van der Waals surface area contributed by atoms with E-state index < -0.39 is 16.0 Å². The van der Waals surface area contributed by atoms with Gasteiger partial charge >= 0.3 is 5.97 Å². The third-order valence-corrected chi connectivity index (χ3v) is 9.35. The van der Waals surface area contributed by atoms with Crippen molar-refractivity contribution in [2.45, 2.75) is 48.8 Å². The molecule has 4 saturated carbocycles. The molecule has 0 aromatic heterocycles. The second-order valence-electron chi connectivity index (χ2n) is 10.3. The summed E-state index contributed by atoms with van der Waals surface area (Å²) in [5.41, 5.74) is 2.39. The molecule has 0 heterocycles. The Bertz CT molecular complexity index is 1230. The van der Waals surface area contributed by atoms with Crippen molar-refractivity contribution in [1.29, 1.82) is 0 Å². The Morgan fingerprint density at radius 3 is 2.11 bits per heavy atom. The van der Waals surface area contributed by atoms with Crippen LogP contribution in [0, 0.1) is 17.8 Å². The van der Waals surface area contributed by atoms with Crippen LogP contribution in [0.1, 0.15) is 49.7 Å². The fourth-order valence-electron chi connectivity index (χ4n) is 6.98.